The molecule has 0 spiro atoms. The first-order valence-corrected chi connectivity index (χ1v) is 5.87. The zero-order chi connectivity index (χ0) is 12.4. The molecular formula is C12H18N4O. The van der Waals surface area contributed by atoms with Gasteiger partial charge in [-0.05, 0) is 26.8 Å². The van der Waals surface area contributed by atoms with Crippen LogP contribution < -0.4 is 0 Å². The molecule has 0 saturated carbocycles. The molecule has 0 amide bonds. The van der Waals surface area contributed by atoms with Gasteiger partial charge in [-0.3, -0.25) is 9.36 Å². The first kappa shape index (κ1) is 11.9. The summed E-state index contributed by atoms with van der Waals surface area (Å²) in [6.45, 7) is 6.90. The molecule has 1 unspecified atom stereocenters. The van der Waals surface area contributed by atoms with E-state index < -0.39 is 6.10 Å². The van der Waals surface area contributed by atoms with Crippen LogP contribution >= 0.6 is 0 Å². The average molecular weight is 234 g/mol. The highest BCUT2D eigenvalue weighted by atomic mass is 16.3. The van der Waals surface area contributed by atoms with Crippen molar-refractivity contribution in [1.82, 2.24) is 19.6 Å². The summed E-state index contributed by atoms with van der Waals surface area (Å²) in [5.41, 5.74) is 1.60. The number of aromatic nitrogens is 4. The van der Waals surface area contributed by atoms with Crippen LogP contribution in [0.5, 0.6) is 0 Å². The minimum absolute atomic E-state index is 0.232. The van der Waals surface area contributed by atoms with Crippen molar-refractivity contribution in [1.29, 1.82) is 0 Å². The van der Waals surface area contributed by atoms with E-state index in [0.717, 1.165) is 17.8 Å². The molecule has 2 heterocycles. The van der Waals surface area contributed by atoms with Gasteiger partial charge in [-0.2, -0.15) is 10.2 Å². The number of aliphatic hydroxyl groups excluding tert-OH is 1. The summed E-state index contributed by atoms with van der Waals surface area (Å²) in [5, 5.41) is 18.7. The highest BCUT2D eigenvalue weighted by Gasteiger charge is 2.18. The molecule has 0 aliphatic heterocycles. The van der Waals surface area contributed by atoms with E-state index in [1.807, 2.05) is 37.7 Å². The van der Waals surface area contributed by atoms with Crippen molar-refractivity contribution in [3.8, 4) is 0 Å². The number of hydrogen-bond donors (Lipinski definition) is 1. The van der Waals surface area contributed by atoms with E-state index in [2.05, 4.69) is 10.2 Å². The summed E-state index contributed by atoms with van der Waals surface area (Å²) < 4.78 is 3.63. The van der Waals surface area contributed by atoms with Crippen LogP contribution in [-0.4, -0.2) is 24.7 Å². The molecule has 0 aromatic carbocycles. The molecule has 0 saturated heterocycles. The number of hydrogen-bond acceptors (Lipinski definition) is 3. The van der Waals surface area contributed by atoms with Gasteiger partial charge in [0.2, 0.25) is 0 Å². The van der Waals surface area contributed by atoms with Crippen LogP contribution in [0.25, 0.3) is 0 Å². The summed E-state index contributed by atoms with van der Waals surface area (Å²) in [5.74, 6) is 0. The zero-order valence-corrected chi connectivity index (χ0v) is 10.4. The van der Waals surface area contributed by atoms with E-state index in [1.54, 1.807) is 17.1 Å². The second kappa shape index (κ2) is 4.71. The molecular weight excluding hydrogens is 216 g/mol. The summed E-state index contributed by atoms with van der Waals surface area (Å²) >= 11 is 0. The van der Waals surface area contributed by atoms with Gasteiger partial charge in [0.15, 0.2) is 0 Å². The zero-order valence-electron chi connectivity index (χ0n) is 10.4. The molecule has 2 aromatic heterocycles. The second-order valence-corrected chi connectivity index (χ2v) is 4.33. The molecule has 0 aliphatic rings. The van der Waals surface area contributed by atoms with Crippen molar-refractivity contribution in [2.24, 2.45) is 0 Å². The molecule has 92 valence electrons. The Kier molecular flexibility index (Phi) is 3.28. The van der Waals surface area contributed by atoms with E-state index >= 15 is 0 Å². The number of aryl methyl sites for hydroxylation is 1. The fraction of sp³-hybridized carbons (Fsp3) is 0.500. The minimum atomic E-state index is -0.666. The topological polar surface area (TPSA) is 55.9 Å². The van der Waals surface area contributed by atoms with Crippen LogP contribution in [0.3, 0.4) is 0 Å². The highest BCUT2D eigenvalue weighted by molar-refractivity contribution is 5.21. The van der Waals surface area contributed by atoms with Crippen molar-refractivity contribution in [3.05, 3.63) is 35.9 Å². The first-order valence-electron chi connectivity index (χ1n) is 5.87. The summed E-state index contributed by atoms with van der Waals surface area (Å²) in [7, 11) is 0. The van der Waals surface area contributed by atoms with E-state index in [-0.39, 0.29) is 6.04 Å². The Morgan fingerprint density at radius 2 is 2.12 bits per heavy atom. The molecule has 5 heteroatoms. The summed E-state index contributed by atoms with van der Waals surface area (Å²) in [4.78, 5) is 0. The predicted molar refractivity (Wildman–Crippen MR) is 64.6 cm³/mol. The third kappa shape index (κ3) is 2.24. The maximum atomic E-state index is 10.3. The number of rotatable bonds is 4. The first-order chi connectivity index (χ1) is 8.13. The molecule has 17 heavy (non-hydrogen) atoms. The Morgan fingerprint density at radius 1 is 1.35 bits per heavy atom. The van der Waals surface area contributed by atoms with Crippen LogP contribution in [0.15, 0.2) is 24.7 Å². The number of nitrogens with zero attached hydrogens (tertiary/aromatic N) is 4. The van der Waals surface area contributed by atoms with Crippen LogP contribution in [-0.2, 0) is 6.54 Å². The number of aliphatic hydroxyl groups is 1. The summed E-state index contributed by atoms with van der Waals surface area (Å²) in [6.07, 6.45) is 4.61. The highest BCUT2D eigenvalue weighted by Crippen LogP contribution is 2.23. The molecule has 0 fully saturated rings. The van der Waals surface area contributed by atoms with E-state index in [1.165, 1.54) is 0 Å². The van der Waals surface area contributed by atoms with Crippen molar-refractivity contribution in [3.63, 3.8) is 0 Å². The average Bonchev–Trinajstić information content (AvgIpc) is 2.97. The van der Waals surface area contributed by atoms with Gasteiger partial charge < -0.3 is 5.11 Å². The maximum Gasteiger partial charge on any atom is 0.124 e. The van der Waals surface area contributed by atoms with Gasteiger partial charge in [-0.15, -0.1) is 0 Å². The normalized spacial score (nSPS) is 13.2. The largest absolute Gasteiger partial charge is 0.382 e. The smallest absolute Gasteiger partial charge is 0.124 e. The Hall–Kier alpha value is -1.62. The molecule has 1 N–H and O–H groups in total. The third-order valence-corrected chi connectivity index (χ3v) is 2.76. The molecule has 0 radical (unpaired) electrons. The standard InChI is InChI=1S/C12H18N4O/c1-4-15-8-10(7-14-15)12(17)11-5-6-13-16(11)9(2)3/h5-9,12,17H,4H2,1-3H3. The second-order valence-electron chi connectivity index (χ2n) is 4.33. The van der Waals surface area contributed by atoms with Crippen LogP contribution in [0.1, 0.15) is 44.2 Å². The lowest BCUT2D eigenvalue weighted by Gasteiger charge is -2.14. The minimum Gasteiger partial charge on any atom is -0.382 e. The van der Waals surface area contributed by atoms with Gasteiger partial charge >= 0.3 is 0 Å². The lowest BCUT2D eigenvalue weighted by atomic mass is 10.1. The monoisotopic (exact) mass is 234 g/mol. The van der Waals surface area contributed by atoms with E-state index in [0.29, 0.717) is 0 Å². The Labute approximate surface area is 101 Å². The lowest BCUT2D eigenvalue weighted by Crippen LogP contribution is -2.11. The Balaban J connectivity index is 2.30. The van der Waals surface area contributed by atoms with Crippen molar-refractivity contribution in [2.75, 3.05) is 0 Å². The van der Waals surface area contributed by atoms with Crippen LogP contribution in [0.2, 0.25) is 0 Å². The molecule has 1 atom stereocenters. The SMILES string of the molecule is CCn1cc(C(O)c2ccnn2C(C)C)cn1. The third-order valence-electron chi connectivity index (χ3n) is 2.76. The van der Waals surface area contributed by atoms with Gasteiger partial charge in [0.1, 0.15) is 6.10 Å². The van der Waals surface area contributed by atoms with Gasteiger partial charge in [0, 0.05) is 30.5 Å². The molecule has 0 aliphatic carbocycles. The van der Waals surface area contributed by atoms with E-state index in [9.17, 15) is 5.11 Å². The predicted octanol–water partition coefficient (Wildman–Crippen LogP) is 1.76. The van der Waals surface area contributed by atoms with Crippen molar-refractivity contribution < 1.29 is 5.11 Å². The van der Waals surface area contributed by atoms with E-state index in [4.69, 9.17) is 0 Å². The molecule has 0 bridgehead atoms. The quantitative estimate of drug-likeness (QED) is 0.877. The fourth-order valence-electron chi connectivity index (χ4n) is 1.84. The molecule has 2 aromatic rings. The lowest BCUT2D eigenvalue weighted by molar-refractivity contribution is 0.205. The van der Waals surface area contributed by atoms with Crippen LogP contribution in [0, 0.1) is 0 Å². The maximum absolute atomic E-state index is 10.3. The van der Waals surface area contributed by atoms with Crippen LogP contribution in [0.4, 0.5) is 0 Å². The molecule has 2 rings (SSSR count). The van der Waals surface area contributed by atoms with Crippen molar-refractivity contribution in [2.45, 2.75) is 39.5 Å². The summed E-state index contributed by atoms with van der Waals surface area (Å²) in [6, 6.07) is 2.07. The van der Waals surface area contributed by atoms with Gasteiger partial charge in [0.25, 0.3) is 0 Å². The Bertz CT molecular complexity index is 486. The van der Waals surface area contributed by atoms with Gasteiger partial charge in [0.05, 0.1) is 11.9 Å². The molecule has 5 nitrogen and oxygen atoms in total. The van der Waals surface area contributed by atoms with Gasteiger partial charge in [-0.25, -0.2) is 0 Å². The van der Waals surface area contributed by atoms with Crippen molar-refractivity contribution >= 4 is 0 Å². The fourth-order valence-corrected chi connectivity index (χ4v) is 1.84. The van der Waals surface area contributed by atoms with Gasteiger partial charge in [-0.1, -0.05) is 0 Å². The Morgan fingerprint density at radius 3 is 2.71 bits per heavy atom.